The lowest BCUT2D eigenvalue weighted by Crippen LogP contribution is -2.24. The van der Waals surface area contributed by atoms with Crippen LogP contribution in [0, 0.1) is 0 Å². The van der Waals surface area contributed by atoms with Gasteiger partial charge in [0, 0.05) is 8.07 Å². The van der Waals surface area contributed by atoms with E-state index in [1.54, 1.807) is 0 Å². The lowest BCUT2D eigenvalue weighted by molar-refractivity contribution is 0.643. The molecule has 12 heavy (non-hydrogen) atoms. The van der Waals surface area contributed by atoms with Gasteiger partial charge in [-0.25, -0.2) is 0 Å². The molecule has 0 saturated carbocycles. The van der Waals surface area contributed by atoms with Crippen molar-refractivity contribution in [2.24, 2.45) is 5.73 Å². The van der Waals surface area contributed by atoms with E-state index in [9.17, 15) is 0 Å². The Morgan fingerprint density at radius 1 is 1.08 bits per heavy atom. The van der Waals surface area contributed by atoms with Crippen LogP contribution in [-0.4, -0.2) is 27.7 Å². The highest BCUT2D eigenvalue weighted by Gasteiger charge is 2.10. The summed E-state index contributed by atoms with van der Waals surface area (Å²) in [6, 6.07) is 1.43. The summed E-state index contributed by atoms with van der Waals surface area (Å²) in [4.78, 5) is 0. The highest BCUT2D eigenvalue weighted by Crippen LogP contribution is 2.09. The molecule has 0 saturated heterocycles. The van der Waals surface area contributed by atoms with Gasteiger partial charge in [-0.2, -0.15) is 0 Å². The molecule has 0 aliphatic rings. The second-order valence-corrected chi connectivity index (χ2v) is 10.2. The first-order valence-corrected chi connectivity index (χ1v) is 8.68. The minimum absolute atomic E-state index is 0.790. The molecule has 0 aliphatic carbocycles. The SMILES string of the molecule is C[Si](C)(C)CCCNCCCN. The number of nitrogens with two attached hydrogens (primary N) is 1. The zero-order valence-electron chi connectivity index (χ0n) is 8.82. The predicted molar refractivity (Wildman–Crippen MR) is 59.3 cm³/mol. The molecule has 0 aliphatic heterocycles. The normalized spacial score (nSPS) is 12.0. The molecule has 3 N–H and O–H groups in total. The van der Waals surface area contributed by atoms with Gasteiger partial charge in [0.25, 0.3) is 0 Å². The van der Waals surface area contributed by atoms with Crippen LogP contribution in [0.15, 0.2) is 0 Å². The van der Waals surface area contributed by atoms with E-state index in [1.165, 1.54) is 19.0 Å². The average molecular weight is 188 g/mol. The maximum atomic E-state index is 5.38. The first-order chi connectivity index (χ1) is 5.56. The predicted octanol–water partition coefficient (Wildman–Crippen LogP) is 1.65. The molecule has 0 radical (unpaired) electrons. The molecule has 0 bridgehead atoms. The minimum Gasteiger partial charge on any atom is -0.330 e. The zero-order valence-corrected chi connectivity index (χ0v) is 9.82. The van der Waals surface area contributed by atoms with Gasteiger partial charge in [0.05, 0.1) is 0 Å². The van der Waals surface area contributed by atoms with E-state index in [2.05, 4.69) is 25.0 Å². The quantitative estimate of drug-likeness (QED) is 0.471. The first kappa shape index (κ1) is 12.1. The van der Waals surface area contributed by atoms with E-state index in [1.807, 2.05) is 0 Å². The van der Waals surface area contributed by atoms with E-state index in [4.69, 9.17) is 5.73 Å². The third kappa shape index (κ3) is 10.1. The molecule has 0 spiro atoms. The topological polar surface area (TPSA) is 38.0 Å². The van der Waals surface area contributed by atoms with Crippen molar-refractivity contribution in [1.82, 2.24) is 5.32 Å². The highest BCUT2D eigenvalue weighted by molar-refractivity contribution is 6.76. The van der Waals surface area contributed by atoms with Gasteiger partial charge in [-0.3, -0.25) is 0 Å². The Morgan fingerprint density at radius 3 is 2.17 bits per heavy atom. The smallest absolute Gasteiger partial charge is 0.0443 e. The third-order valence-electron chi connectivity index (χ3n) is 1.84. The Labute approximate surface area is 77.9 Å². The summed E-state index contributed by atoms with van der Waals surface area (Å²) in [6.07, 6.45) is 2.44. The Balaban J connectivity index is 3.01. The van der Waals surface area contributed by atoms with Gasteiger partial charge < -0.3 is 11.1 Å². The molecule has 0 amide bonds. The van der Waals surface area contributed by atoms with Crippen LogP contribution < -0.4 is 11.1 Å². The van der Waals surface area contributed by atoms with Crippen molar-refractivity contribution in [3.63, 3.8) is 0 Å². The molecule has 2 nitrogen and oxygen atoms in total. The summed E-state index contributed by atoms with van der Waals surface area (Å²) in [7, 11) is -0.790. The van der Waals surface area contributed by atoms with Crippen LogP contribution in [0.2, 0.25) is 25.7 Å². The van der Waals surface area contributed by atoms with E-state index in [-0.39, 0.29) is 0 Å². The van der Waals surface area contributed by atoms with Gasteiger partial charge in [-0.1, -0.05) is 25.7 Å². The second-order valence-electron chi connectivity index (χ2n) is 4.56. The van der Waals surface area contributed by atoms with Crippen LogP contribution in [-0.2, 0) is 0 Å². The number of hydrogen-bond acceptors (Lipinski definition) is 2. The zero-order chi connectivity index (χ0) is 9.45. The van der Waals surface area contributed by atoms with Crippen molar-refractivity contribution in [2.75, 3.05) is 19.6 Å². The molecular weight excluding hydrogens is 164 g/mol. The molecule has 0 fully saturated rings. The van der Waals surface area contributed by atoms with Crippen LogP contribution in [0.3, 0.4) is 0 Å². The van der Waals surface area contributed by atoms with E-state index >= 15 is 0 Å². The fourth-order valence-electron chi connectivity index (χ4n) is 1.10. The number of hydrogen-bond donors (Lipinski definition) is 2. The molecule has 0 aromatic carbocycles. The minimum atomic E-state index is -0.790. The van der Waals surface area contributed by atoms with E-state index in [0.717, 1.165) is 19.5 Å². The Morgan fingerprint density at radius 2 is 1.67 bits per heavy atom. The Bertz CT molecular complexity index is 99.2. The van der Waals surface area contributed by atoms with Gasteiger partial charge >= 0.3 is 0 Å². The lowest BCUT2D eigenvalue weighted by atomic mass is 10.4. The number of rotatable bonds is 7. The first-order valence-electron chi connectivity index (χ1n) is 4.97. The van der Waals surface area contributed by atoms with Crippen LogP contribution in [0.1, 0.15) is 12.8 Å². The summed E-state index contributed by atoms with van der Waals surface area (Å²) in [5, 5.41) is 3.40. The fraction of sp³-hybridized carbons (Fsp3) is 1.00. The van der Waals surface area contributed by atoms with Gasteiger partial charge in [0.1, 0.15) is 0 Å². The summed E-state index contributed by atoms with van der Waals surface area (Å²) in [6.45, 7) is 10.3. The van der Waals surface area contributed by atoms with Crippen LogP contribution in [0.4, 0.5) is 0 Å². The van der Waals surface area contributed by atoms with Crippen molar-refractivity contribution >= 4 is 8.07 Å². The monoisotopic (exact) mass is 188 g/mol. The van der Waals surface area contributed by atoms with Crippen molar-refractivity contribution in [3.8, 4) is 0 Å². The lowest BCUT2D eigenvalue weighted by Gasteiger charge is -2.15. The fourth-order valence-corrected chi connectivity index (χ4v) is 2.33. The maximum Gasteiger partial charge on any atom is 0.0443 e. The average Bonchev–Trinajstić information content (AvgIpc) is 1.94. The Kier molecular flexibility index (Phi) is 6.71. The largest absolute Gasteiger partial charge is 0.330 e. The van der Waals surface area contributed by atoms with Gasteiger partial charge in [-0.05, 0) is 32.5 Å². The van der Waals surface area contributed by atoms with Gasteiger partial charge in [0.2, 0.25) is 0 Å². The van der Waals surface area contributed by atoms with Crippen molar-refractivity contribution in [2.45, 2.75) is 38.5 Å². The van der Waals surface area contributed by atoms with E-state index in [0.29, 0.717) is 0 Å². The van der Waals surface area contributed by atoms with Crippen molar-refractivity contribution in [1.29, 1.82) is 0 Å². The number of nitrogens with one attached hydrogen (secondary N) is 1. The molecular formula is C9H24N2Si. The summed E-state index contributed by atoms with van der Waals surface area (Å²) < 4.78 is 0. The van der Waals surface area contributed by atoms with Crippen LogP contribution >= 0.6 is 0 Å². The molecule has 0 aromatic rings. The van der Waals surface area contributed by atoms with Gasteiger partial charge in [0.15, 0.2) is 0 Å². The maximum absolute atomic E-state index is 5.38. The van der Waals surface area contributed by atoms with E-state index < -0.39 is 8.07 Å². The molecule has 0 atom stereocenters. The molecule has 3 heteroatoms. The van der Waals surface area contributed by atoms with Crippen molar-refractivity contribution in [3.05, 3.63) is 0 Å². The standard InChI is InChI=1S/C9H24N2Si/c1-12(2,3)9-5-8-11-7-4-6-10/h11H,4-10H2,1-3H3. The molecule has 0 heterocycles. The molecule has 0 rings (SSSR count). The molecule has 0 aromatic heterocycles. The molecule has 0 unspecified atom stereocenters. The highest BCUT2D eigenvalue weighted by atomic mass is 28.3. The van der Waals surface area contributed by atoms with Gasteiger partial charge in [-0.15, -0.1) is 0 Å². The van der Waals surface area contributed by atoms with Crippen LogP contribution in [0.25, 0.3) is 0 Å². The summed E-state index contributed by atoms with van der Waals surface area (Å²) in [5.74, 6) is 0. The summed E-state index contributed by atoms with van der Waals surface area (Å²) >= 11 is 0. The van der Waals surface area contributed by atoms with Crippen molar-refractivity contribution < 1.29 is 0 Å². The molecule has 74 valence electrons. The van der Waals surface area contributed by atoms with Crippen LogP contribution in [0.5, 0.6) is 0 Å². The Hall–Kier alpha value is 0.137. The summed E-state index contributed by atoms with van der Waals surface area (Å²) in [5.41, 5.74) is 5.38. The third-order valence-corrected chi connectivity index (χ3v) is 3.69. The second kappa shape index (κ2) is 6.63.